The SMILES string of the molecule is CC(C)[C@@H]1CN(Cc2ccccc2)CCN1C(=O)NC(Cc1ccc(F)cc1)C(=O)N1CCC(C(=O)NC(C)(C)C)(C2CCCCC2)CC1. The van der Waals surface area contributed by atoms with E-state index in [1.807, 2.05) is 36.6 Å². The van der Waals surface area contributed by atoms with Crippen molar-refractivity contribution in [3.63, 3.8) is 0 Å². The Kier molecular flexibility index (Phi) is 12.1. The minimum atomic E-state index is -0.807. The number of hydrogen-bond donors (Lipinski definition) is 2. The second kappa shape index (κ2) is 16.0. The second-order valence-corrected chi connectivity index (χ2v) is 16.1. The summed E-state index contributed by atoms with van der Waals surface area (Å²) in [5.74, 6) is 0.164. The number of urea groups is 1. The predicted molar refractivity (Wildman–Crippen MR) is 192 cm³/mol. The Morgan fingerprint density at radius 2 is 1.53 bits per heavy atom. The van der Waals surface area contributed by atoms with E-state index in [1.165, 1.54) is 24.1 Å². The molecule has 2 aromatic rings. The van der Waals surface area contributed by atoms with E-state index in [9.17, 15) is 18.8 Å². The van der Waals surface area contributed by atoms with E-state index in [-0.39, 0.29) is 47.6 Å². The lowest BCUT2D eigenvalue weighted by Crippen LogP contribution is -2.62. The largest absolute Gasteiger partial charge is 0.351 e. The van der Waals surface area contributed by atoms with Crippen LogP contribution in [-0.4, -0.2) is 82.9 Å². The number of nitrogens with zero attached hydrogens (tertiary/aromatic N) is 3. The Hall–Kier alpha value is -3.46. The van der Waals surface area contributed by atoms with E-state index in [0.717, 1.165) is 50.9 Å². The minimum Gasteiger partial charge on any atom is -0.351 e. The molecule has 2 aromatic carbocycles. The lowest BCUT2D eigenvalue weighted by molar-refractivity contribution is -0.147. The molecule has 49 heavy (non-hydrogen) atoms. The van der Waals surface area contributed by atoms with Gasteiger partial charge in [0.15, 0.2) is 0 Å². The Labute approximate surface area is 293 Å². The lowest BCUT2D eigenvalue weighted by Gasteiger charge is -2.48. The molecule has 3 aliphatic rings. The van der Waals surface area contributed by atoms with Crippen LogP contribution < -0.4 is 10.6 Å². The van der Waals surface area contributed by atoms with Crippen LogP contribution in [0.4, 0.5) is 9.18 Å². The van der Waals surface area contributed by atoms with Crippen LogP contribution in [0.5, 0.6) is 0 Å². The van der Waals surface area contributed by atoms with E-state index >= 15 is 0 Å². The predicted octanol–water partition coefficient (Wildman–Crippen LogP) is 6.39. The maximum atomic E-state index is 14.4. The summed E-state index contributed by atoms with van der Waals surface area (Å²) in [6.45, 7) is 14.2. The van der Waals surface area contributed by atoms with Gasteiger partial charge in [0.1, 0.15) is 11.9 Å². The fourth-order valence-corrected chi connectivity index (χ4v) is 8.25. The lowest BCUT2D eigenvalue weighted by atomic mass is 9.63. The zero-order valence-corrected chi connectivity index (χ0v) is 30.3. The number of carbonyl (C=O) groups excluding carboxylic acids is 3. The Morgan fingerprint density at radius 3 is 2.14 bits per heavy atom. The molecule has 2 saturated heterocycles. The Bertz CT molecular complexity index is 1400. The highest BCUT2D eigenvalue weighted by Crippen LogP contribution is 2.46. The number of likely N-dealkylation sites (tertiary alicyclic amines) is 1. The molecule has 1 unspecified atom stereocenters. The minimum absolute atomic E-state index is 0.00791. The number of nitrogens with one attached hydrogen (secondary N) is 2. The molecule has 5 rings (SSSR count). The van der Waals surface area contributed by atoms with Gasteiger partial charge in [0.25, 0.3) is 0 Å². The molecular weight excluding hydrogens is 617 g/mol. The number of rotatable bonds is 9. The second-order valence-electron chi connectivity index (χ2n) is 16.1. The fourth-order valence-electron chi connectivity index (χ4n) is 8.25. The first-order chi connectivity index (χ1) is 23.3. The van der Waals surface area contributed by atoms with Gasteiger partial charge in [-0.15, -0.1) is 0 Å². The monoisotopic (exact) mass is 675 g/mol. The van der Waals surface area contributed by atoms with Gasteiger partial charge in [-0.05, 0) is 81.5 Å². The molecular formula is C40H58FN5O3. The van der Waals surface area contributed by atoms with Crippen molar-refractivity contribution >= 4 is 17.8 Å². The van der Waals surface area contributed by atoms with Crippen molar-refractivity contribution in [1.29, 1.82) is 0 Å². The van der Waals surface area contributed by atoms with Crippen molar-refractivity contribution in [2.75, 3.05) is 32.7 Å². The molecule has 2 atom stereocenters. The molecule has 0 radical (unpaired) electrons. The van der Waals surface area contributed by atoms with E-state index in [4.69, 9.17) is 0 Å². The van der Waals surface area contributed by atoms with Crippen molar-refractivity contribution in [3.8, 4) is 0 Å². The average molecular weight is 676 g/mol. The van der Waals surface area contributed by atoms with Gasteiger partial charge in [0.2, 0.25) is 11.8 Å². The van der Waals surface area contributed by atoms with Crippen molar-refractivity contribution in [3.05, 3.63) is 71.5 Å². The Morgan fingerprint density at radius 1 is 0.878 bits per heavy atom. The highest BCUT2D eigenvalue weighted by molar-refractivity contribution is 5.88. The number of benzene rings is 2. The number of hydrogen-bond acceptors (Lipinski definition) is 4. The molecule has 0 spiro atoms. The average Bonchev–Trinajstić information content (AvgIpc) is 3.08. The molecule has 268 valence electrons. The summed E-state index contributed by atoms with van der Waals surface area (Å²) in [5, 5.41) is 6.42. The topological polar surface area (TPSA) is 85.0 Å². The van der Waals surface area contributed by atoms with E-state index in [0.29, 0.717) is 38.4 Å². The quantitative estimate of drug-likeness (QED) is 0.323. The summed E-state index contributed by atoms with van der Waals surface area (Å²) in [6.07, 6.45) is 7.07. The maximum absolute atomic E-state index is 14.4. The summed E-state index contributed by atoms with van der Waals surface area (Å²) in [7, 11) is 0. The van der Waals surface area contributed by atoms with Crippen LogP contribution in [-0.2, 0) is 22.6 Å². The van der Waals surface area contributed by atoms with Gasteiger partial charge in [0, 0.05) is 57.3 Å². The third-order valence-electron chi connectivity index (χ3n) is 11.0. The molecule has 0 aromatic heterocycles. The zero-order valence-electron chi connectivity index (χ0n) is 30.3. The molecule has 1 saturated carbocycles. The summed E-state index contributed by atoms with van der Waals surface area (Å²) < 4.78 is 13.8. The molecule has 3 fully saturated rings. The highest BCUT2D eigenvalue weighted by atomic mass is 19.1. The molecule has 2 aliphatic heterocycles. The fraction of sp³-hybridized carbons (Fsp3) is 0.625. The summed E-state index contributed by atoms with van der Waals surface area (Å²) >= 11 is 0. The van der Waals surface area contributed by atoms with Crippen LogP contribution in [0, 0.1) is 23.1 Å². The van der Waals surface area contributed by atoms with Gasteiger partial charge < -0.3 is 20.4 Å². The summed E-state index contributed by atoms with van der Waals surface area (Å²) in [6, 6.07) is 15.5. The van der Waals surface area contributed by atoms with E-state index < -0.39 is 11.5 Å². The van der Waals surface area contributed by atoms with Gasteiger partial charge in [-0.2, -0.15) is 0 Å². The van der Waals surface area contributed by atoms with Gasteiger partial charge in [-0.3, -0.25) is 14.5 Å². The molecule has 1 aliphatic carbocycles. The number of halogens is 1. The summed E-state index contributed by atoms with van der Waals surface area (Å²) in [5.41, 5.74) is 1.20. The van der Waals surface area contributed by atoms with Crippen LogP contribution in [0.25, 0.3) is 0 Å². The van der Waals surface area contributed by atoms with Gasteiger partial charge in [-0.25, -0.2) is 9.18 Å². The Balaban J connectivity index is 1.31. The first-order valence-electron chi connectivity index (χ1n) is 18.5. The number of amides is 4. The molecule has 4 amide bonds. The van der Waals surface area contributed by atoms with Crippen molar-refractivity contribution in [2.24, 2.45) is 17.3 Å². The van der Waals surface area contributed by atoms with Crippen LogP contribution in [0.2, 0.25) is 0 Å². The standard InChI is InChI=1S/C40H58FN5O3/c1-29(2)35-28-44(27-31-12-8-6-9-13-31)24-25-46(35)38(49)42-34(26-30-16-18-33(41)19-17-30)36(47)45-22-20-40(21-23-45,32-14-10-7-11-15-32)37(48)43-39(3,4)5/h6,8-9,12-13,16-19,29,32,34-35H,7,10-11,14-15,20-28H2,1-5H3,(H,42,49)(H,43,48)/t34?,35-/m0/s1. The normalized spacial score (nSPS) is 21.3. The molecule has 0 bridgehead atoms. The van der Waals surface area contributed by atoms with E-state index in [1.54, 1.807) is 12.1 Å². The molecule has 8 nitrogen and oxygen atoms in total. The third-order valence-corrected chi connectivity index (χ3v) is 11.0. The highest BCUT2D eigenvalue weighted by Gasteiger charge is 2.49. The van der Waals surface area contributed by atoms with Crippen LogP contribution in [0.1, 0.15) is 90.7 Å². The van der Waals surface area contributed by atoms with Gasteiger partial charge in [0.05, 0.1) is 5.41 Å². The maximum Gasteiger partial charge on any atom is 0.318 e. The van der Waals surface area contributed by atoms with Crippen molar-refractivity contribution in [2.45, 2.75) is 110 Å². The first kappa shape index (κ1) is 36.8. The zero-order chi connectivity index (χ0) is 35.2. The molecule has 2 N–H and O–H groups in total. The smallest absolute Gasteiger partial charge is 0.318 e. The van der Waals surface area contributed by atoms with Crippen LogP contribution >= 0.6 is 0 Å². The van der Waals surface area contributed by atoms with Crippen molar-refractivity contribution in [1.82, 2.24) is 25.3 Å². The van der Waals surface area contributed by atoms with Gasteiger partial charge >= 0.3 is 6.03 Å². The number of piperidine rings is 1. The van der Waals surface area contributed by atoms with Crippen LogP contribution in [0.15, 0.2) is 54.6 Å². The number of carbonyl (C=O) groups is 3. The summed E-state index contributed by atoms with van der Waals surface area (Å²) in [4.78, 5) is 48.5. The molecule has 2 heterocycles. The first-order valence-corrected chi connectivity index (χ1v) is 18.5. The third kappa shape index (κ3) is 9.41. The number of piperazine rings is 1. The van der Waals surface area contributed by atoms with Crippen LogP contribution in [0.3, 0.4) is 0 Å². The van der Waals surface area contributed by atoms with Gasteiger partial charge in [-0.1, -0.05) is 75.6 Å². The van der Waals surface area contributed by atoms with Crippen molar-refractivity contribution < 1.29 is 18.8 Å². The molecule has 9 heteroatoms. The van der Waals surface area contributed by atoms with E-state index in [2.05, 4.69) is 53.6 Å².